The molecule has 1 heterocycles. The van der Waals surface area contributed by atoms with Crippen molar-refractivity contribution in [3.05, 3.63) is 161 Å². The number of nitrogens with one attached hydrogen (secondary N) is 14. The van der Waals surface area contributed by atoms with Crippen molar-refractivity contribution in [1.82, 2.24) is 79.3 Å². The van der Waals surface area contributed by atoms with Gasteiger partial charge in [0.1, 0.15) is 96.4 Å². The molecule has 1 aliphatic heterocycles. The number of aryl methyl sites for hydroxylation is 1. The predicted octanol–water partition coefficient (Wildman–Crippen LogP) is -1.84. The van der Waals surface area contributed by atoms with Gasteiger partial charge in [-0.15, -0.1) is 11.8 Å². The molecule has 29 N–H and O–H groups in total. The lowest BCUT2D eigenvalue weighted by molar-refractivity contribution is -0.143. The summed E-state index contributed by atoms with van der Waals surface area (Å²) in [5.74, 6) is -24.3. The summed E-state index contributed by atoms with van der Waals surface area (Å²) in [4.78, 5) is 289. The van der Waals surface area contributed by atoms with E-state index in [1.54, 1.807) is 83.1 Å². The fraction of sp³-hybridized carbons (Fsp3) is 0.505. The van der Waals surface area contributed by atoms with Crippen molar-refractivity contribution >= 4 is 130 Å². The molecule has 46 heteroatoms. The zero-order valence-electron chi connectivity index (χ0n) is 83.6. The number of rotatable bonds is 35. The van der Waals surface area contributed by atoms with Gasteiger partial charge in [-0.2, -0.15) is 0 Å². The molecule has 800 valence electrons. The molecular formula is C101H141N21O24S. The van der Waals surface area contributed by atoms with Crippen LogP contribution in [0.15, 0.2) is 127 Å². The number of primary amides is 2. The Morgan fingerprint density at radius 2 is 0.925 bits per heavy atom. The van der Waals surface area contributed by atoms with Gasteiger partial charge in [-0.05, 0) is 167 Å². The molecule has 0 spiro atoms. The standard InChI is InChI=1S/C101H141N21O24S/c1-55(2)44-73-91(134)110-71(39-43-105)90(133)115-77(46-59-17-10-8-11-18-59)97(140)121-85(56(3)4)99(142)111-69(22-15-40-102)88(131)120-80(98(141)109-68(37-41-103)86(107)129)53-147-54-82(124)108-70(38-42-104)89(132)114-75(49-62-27-33-67(34-28-62)146-52-84(127)128)94(137)119-79(51-83(125)126)96(139)118-78(50-63-19-14-16-57(5)45-63)95(138)117-76(48-61-25-31-66(32-26-61)101(144)145)93(136)116-74(47-60-23-29-65(30-24-60)64-20-12-9-13-21-64)92(135)112-72(35-36-81(106)123)100(143)122(7)58(6)87(130)113-73/h9,12-14,16,19-21,23-34,45,55-56,58-59,68-80,85H,8,10-11,15,17-18,22,35-44,46-54,102-105H2,1-7H3,(H2,106,123)(H2,107,129)(H,108,124)(H,109,141)(H,110,134)(H,111,142)(H,112,135)(H,113,130)(H,114,132)(H,115,133)(H,116,136)(H,117,138)(H,118,139)(H,119,137)(H,120,131)(H,121,140)(H,125,126)(H,127,128)(H,144,145)/t58-,68-,69-,70-,71-,72-,73+,74-,75-,76-,77-,78-,79-,80-,85-/m0/s1. The number of hydrogen-bond acceptors (Lipinski definition) is 26. The first-order valence-corrected chi connectivity index (χ1v) is 50.2. The third-order valence-electron chi connectivity index (χ3n) is 24.8. The summed E-state index contributed by atoms with van der Waals surface area (Å²) in [5, 5.41) is 66.6. The number of nitrogens with two attached hydrogens (primary N) is 6. The lowest BCUT2D eigenvalue weighted by atomic mass is 9.84. The van der Waals surface area contributed by atoms with Crippen molar-refractivity contribution < 1.29 is 116 Å². The molecule has 147 heavy (non-hydrogen) atoms. The molecule has 5 aromatic carbocycles. The number of ether oxygens (including phenoxy) is 1. The minimum Gasteiger partial charge on any atom is -0.482 e. The van der Waals surface area contributed by atoms with E-state index in [-0.39, 0.29) is 105 Å². The second-order valence-electron chi connectivity index (χ2n) is 37.5. The molecule has 5 aromatic rings. The van der Waals surface area contributed by atoms with Crippen LogP contribution in [-0.2, 0) is 117 Å². The van der Waals surface area contributed by atoms with E-state index < -0.39 is 278 Å². The van der Waals surface area contributed by atoms with Gasteiger partial charge in [0.25, 0.3) is 0 Å². The summed E-state index contributed by atoms with van der Waals surface area (Å²) in [6, 6.07) is 8.02. The van der Waals surface area contributed by atoms with Crippen LogP contribution in [-0.4, -0.2) is 281 Å². The highest BCUT2D eigenvalue weighted by Crippen LogP contribution is 2.29. The fourth-order valence-corrected chi connectivity index (χ4v) is 17.5. The van der Waals surface area contributed by atoms with Crippen LogP contribution < -0.4 is 114 Å². The topological polar surface area (TPSA) is 739 Å². The number of thioether (sulfide) groups is 1. The molecule has 0 unspecified atom stereocenters. The molecule has 45 nitrogen and oxygen atoms in total. The first kappa shape index (κ1) is 119. The molecule has 1 aliphatic carbocycles. The largest absolute Gasteiger partial charge is 0.482 e. The molecule has 0 aromatic heterocycles. The van der Waals surface area contributed by atoms with Gasteiger partial charge in [0, 0.05) is 44.9 Å². The van der Waals surface area contributed by atoms with Gasteiger partial charge in [0.05, 0.1) is 17.7 Å². The smallest absolute Gasteiger partial charge is 0.341 e. The van der Waals surface area contributed by atoms with E-state index in [0.29, 0.717) is 41.3 Å². The number of hydrogen-bond donors (Lipinski definition) is 23. The normalized spacial score (nSPS) is 23.0. The molecule has 0 radical (unpaired) electrons. The first-order valence-electron chi connectivity index (χ1n) is 49.0. The van der Waals surface area contributed by atoms with Gasteiger partial charge in [0.2, 0.25) is 100 Å². The molecule has 1 saturated heterocycles. The highest BCUT2D eigenvalue weighted by molar-refractivity contribution is 8.00. The highest BCUT2D eigenvalue weighted by Gasteiger charge is 2.42. The highest BCUT2D eigenvalue weighted by atomic mass is 32.2. The molecule has 0 bridgehead atoms. The maximum atomic E-state index is 15.7. The minimum absolute atomic E-state index is 0.0348. The number of amides is 17. The maximum absolute atomic E-state index is 15.7. The SMILES string of the molecule is Cc1cccc(C[C@@H]2NC(=O)[C@H](CC(=O)O)NC(=O)[C@H](Cc3ccc(OCC(=O)O)cc3)NC(=O)[C@H](CCN)NC(=O)CSC[C@@H](C(=O)N[C@@H](CCN)C(N)=O)NC(=O)[C@H](CCCN)NC(=O)[C@H](C(C)C)NC(=O)[C@H](CC3CCCCC3)NC(=O)[C@H](CCN)NC(=O)[C@@H](CC(C)C)NC(=O)[C@H](C)N(C)C(=O)[C@H](CCC(N)=O)NC(=O)[C@H](Cc3ccc(-c4ccccc4)cc3)NC(=O)[C@H](Cc3ccc(C(=O)O)cc3)NC2=O)c1. The van der Waals surface area contributed by atoms with E-state index in [1.807, 2.05) is 30.3 Å². The minimum atomic E-state index is -2.17. The Morgan fingerprint density at radius 1 is 0.463 bits per heavy atom. The van der Waals surface area contributed by atoms with Crippen molar-refractivity contribution in [2.24, 2.45) is 52.2 Å². The van der Waals surface area contributed by atoms with Crippen molar-refractivity contribution in [3.8, 4) is 16.9 Å². The van der Waals surface area contributed by atoms with E-state index in [4.69, 9.17) is 39.1 Å². The second-order valence-corrected chi connectivity index (χ2v) is 38.5. The summed E-state index contributed by atoms with van der Waals surface area (Å²) >= 11 is 0.708. The van der Waals surface area contributed by atoms with Crippen molar-refractivity contribution in [3.63, 3.8) is 0 Å². The lowest BCUT2D eigenvalue weighted by Gasteiger charge is -2.32. The summed E-state index contributed by atoms with van der Waals surface area (Å²) in [6.45, 7) is 8.15. The molecule has 2 aliphatic rings. The summed E-state index contributed by atoms with van der Waals surface area (Å²) in [5.41, 5.74) is 38.5. The van der Waals surface area contributed by atoms with Gasteiger partial charge in [0.15, 0.2) is 6.61 Å². The predicted molar refractivity (Wildman–Crippen MR) is 542 cm³/mol. The van der Waals surface area contributed by atoms with Crippen LogP contribution in [0.4, 0.5) is 0 Å². The van der Waals surface area contributed by atoms with Crippen LogP contribution in [0.5, 0.6) is 5.75 Å². The van der Waals surface area contributed by atoms with Crippen LogP contribution in [0.1, 0.15) is 169 Å². The first-order chi connectivity index (χ1) is 69.9. The van der Waals surface area contributed by atoms with Gasteiger partial charge in [-0.1, -0.05) is 168 Å². The second kappa shape index (κ2) is 60.4. The van der Waals surface area contributed by atoms with Crippen molar-refractivity contribution in [2.75, 3.05) is 51.3 Å². The zero-order valence-corrected chi connectivity index (χ0v) is 84.5. The monoisotopic (exact) mass is 2060 g/mol. The van der Waals surface area contributed by atoms with E-state index >= 15 is 33.6 Å². The number of carboxylic acids is 3. The lowest BCUT2D eigenvalue weighted by Crippen LogP contribution is -2.62. The molecular weight excluding hydrogens is 1920 g/mol. The van der Waals surface area contributed by atoms with Crippen LogP contribution in [0, 0.1) is 24.7 Å². The molecule has 1 saturated carbocycles. The molecule has 7 rings (SSSR count). The van der Waals surface area contributed by atoms with E-state index in [1.165, 1.54) is 62.5 Å². The number of aromatic carboxylic acids is 1. The Balaban J connectivity index is 1.38. The number of carbonyl (C=O) groups is 20. The van der Waals surface area contributed by atoms with Crippen LogP contribution in [0.2, 0.25) is 0 Å². The Labute approximate surface area is 856 Å². The number of carboxylic acid groups (broad SMARTS) is 3. The van der Waals surface area contributed by atoms with Gasteiger partial charge < -0.3 is 134 Å². The van der Waals surface area contributed by atoms with Crippen LogP contribution >= 0.6 is 11.8 Å². The average molecular weight is 2070 g/mol. The van der Waals surface area contributed by atoms with Gasteiger partial charge in [-0.25, -0.2) is 9.59 Å². The third-order valence-corrected chi connectivity index (χ3v) is 25.9. The summed E-state index contributed by atoms with van der Waals surface area (Å²) < 4.78 is 5.31. The van der Waals surface area contributed by atoms with Crippen molar-refractivity contribution in [2.45, 2.75) is 254 Å². The van der Waals surface area contributed by atoms with Crippen molar-refractivity contribution in [1.29, 1.82) is 0 Å². The quantitative estimate of drug-likeness (QED) is 0.0212. The number of carbonyl (C=O) groups excluding carboxylic acids is 17. The van der Waals surface area contributed by atoms with Crippen LogP contribution in [0.3, 0.4) is 0 Å². The fourth-order valence-electron chi connectivity index (χ4n) is 16.6. The maximum Gasteiger partial charge on any atom is 0.341 e. The zero-order chi connectivity index (χ0) is 108. The Bertz CT molecular complexity index is 5370. The third kappa shape index (κ3) is 40.1. The molecule has 2 fully saturated rings. The van der Waals surface area contributed by atoms with Crippen LogP contribution in [0.25, 0.3) is 11.1 Å². The van der Waals surface area contributed by atoms with E-state index in [0.717, 1.165) is 35.3 Å². The summed E-state index contributed by atoms with van der Waals surface area (Å²) in [6.07, 6.45) is -1.38. The Kier molecular flexibility index (Phi) is 49.1. The number of benzene rings is 5. The Hall–Kier alpha value is -14.5. The molecule has 15 atom stereocenters. The average Bonchev–Trinajstić information content (AvgIpc) is 0.837. The summed E-state index contributed by atoms with van der Waals surface area (Å²) in [7, 11) is 1.19. The number of nitrogens with zero attached hydrogens (tertiary/aromatic N) is 1. The van der Waals surface area contributed by atoms with E-state index in [2.05, 4.69) is 74.4 Å². The Morgan fingerprint density at radius 3 is 1.43 bits per heavy atom. The van der Waals surface area contributed by atoms with E-state index in [9.17, 15) is 77.6 Å². The number of aliphatic carboxylic acids is 2. The van der Waals surface area contributed by atoms with Gasteiger partial charge in [-0.3, -0.25) is 86.3 Å². The van der Waals surface area contributed by atoms with Gasteiger partial charge >= 0.3 is 17.9 Å². The number of likely N-dealkylation sites (N-methyl/N-ethyl adjacent to an activating group) is 1. The molecule has 17 amide bonds.